The van der Waals surface area contributed by atoms with Crippen LogP contribution < -0.4 is 0 Å². The SMILES string of the molecule is Cc1ccc(CCC(=O)C(C)(C)C)cn1. The smallest absolute Gasteiger partial charge is 0.138 e. The Balaban J connectivity index is 2.51. The maximum Gasteiger partial charge on any atom is 0.138 e. The highest BCUT2D eigenvalue weighted by atomic mass is 16.1. The summed E-state index contributed by atoms with van der Waals surface area (Å²) in [4.78, 5) is 15.9. The molecule has 82 valence electrons. The van der Waals surface area contributed by atoms with Crippen LogP contribution in [0.25, 0.3) is 0 Å². The van der Waals surface area contributed by atoms with E-state index in [1.54, 1.807) is 0 Å². The Morgan fingerprint density at radius 3 is 2.47 bits per heavy atom. The van der Waals surface area contributed by atoms with E-state index in [0.717, 1.165) is 17.7 Å². The van der Waals surface area contributed by atoms with E-state index in [9.17, 15) is 4.79 Å². The highest BCUT2D eigenvalue weighted by Crippen LogP contribution is 2.18. The van der Waals surface area contributed by atoms with Crippen LogP contribution in [0.5, 0.6) is 0 Å². The van der Waals surface area contributed by atoms with E-state index in [0.29, 0.717) is 12.2 Å². The number of Topliss-reactive ketones (excluding diaryl/α,β-unsaturated/α-hetero) is 1. The highest BCUT2D eigenvalue weighted by molar-refractivity contribution is 5.83. The van der Waals surface area contributed by atoms with Crippen molar-refractivity contribution in [3.8, 4) is 0 Å². The van der Waals surface area contributed by atoms with Crippen LogP contribution in [0, 0.1) is 12.3 Å². The normalized spacial score (nSPS) is 11.5. The second kappa shape index (κ2) is 4.56. The van der Waals surface area contributed by atoms with E-state index in [1.165, 1.54) is 0 Å². The van der Waals surface area contributed by atoms with Gasteiger partial charge in [0.05, 0.1) is 0 Å². The van der Waals surface area contributed by atoms with Crippen LogP contribution in [0.4, 0.5) is 0 Å². The van der Waals surface area contributed by atoms with Crippen molar-refractivity contribution in [1.29, 1.82) is 0 Å². The van der Waals surface area contributed by atoms with Gasteiger partial charge in [0.2, 0.25) is 0 Å². The van der Waals surface area contributed by atoms with Crippen molar-refractivity contribution in [2.45, 2.75) is 40.5 Å². The summed E-state index contributed by atoms with van der Waals surface area (Å²) < 4.78 is 0. The zero-order valence-electron chi connectivity index (χ0n) is 10.0. The van der Waals surface area contributed by atoms with E-state index in [2.05, 4.69) is 4.98 Å². The van der Waals surface area contributed by atoms with Gasteiger partial charge in [0.25, 0.3) is 0 Å². The molecule has 0 saturated heterocycles. The van der Waals surface area contributed by atoms with E-state index in [4.69, 9.17) is 0 Å². The third-order valence-electron chi connectivity index (χ3n) is 2.45. The molecule has 1 aromatic rings. The van der Waals surface area contributed by atoms with Gasteiger partial charge < -0.3 is 0 Å². The molecule has 1 rings (SSSR count). The first-order valence-electron chi connectivity index (χ1n) is 5.34. The van der Waals surface area contributed by atoms with Crippen molar-refractivity contribution in [3.63, 3.8) is 0 Å². The third-order valence-corrected chi connectivity index (χ3v) is 2.45. The lowest BCUT2D eigenvalue weighted by molar-refractivity contribution is -0.126. The van der Waals surface area contributed by atoms with Gasteiger partial charge in [-0.15, -0.1) is 0 Å². The van der Waals surface area contributed by atoms with Crippen molar-refractivity contribution < 1.29 is 4.79 Å². The topological polar surface area (TPSA) is 30.0 Å². The predicted molar refractivity (Wildman–Crippen MR) is 61.8 cm³/mol. The van der Waals surface area contributed by atoms with Crippen LogP contribution in [-0.2, 0) is 11.2 Å². The molecular weight excluding hydrogens is 186 g/mol. The first kappa shape index (κ1) is 11.9. The van der Waals surface area contributed by atoms with Gasteiger partial charge in [0, 0.05) is 23.7 Å². The van der Waals surface area contributed by atoms with Crippen LogP contribution in [0.3, 0.4) is 0 Å². The molecule has 2 heteroatoms. The van der Waals surface area contributed by atoms with Gasteiger partial charge in [-0.05, 0) is 25.0 Å². The molecule has 0 saturated carbocycles. The molecule has 0 amide bonds. The Bertz CT molecular complexity index is 333. The minimum absolute atomic E-state index is 0.224. The van der Waals surface area contributed by atoms with Gasteiger partial charge in [0.15, 0.2) is 0 Å². The van der Waals surface area contributed by atoms with Gasteiger partial charge in [-0.2, -0.15) is 0 Å². The Kier molecular flexibility index (Phi) is 3.61. The number of nitrogens with zero attached hydrogens (tertiary/aromatic N) is 1. The van der Waals surface area contributed by atoms with Crippen molar-refractivity contribution in [2.75, 3.05) is 0 Å². The summed E-state index contributed by atoms with van der Waals surface area (Å²) in [6.07, 6.45) is 3.25. The number of carbonyl (C=O) groups excluding carboxylic acids is 1. The fraction of sp³-hybridized carbons (Fsp3) is 0.538. The largest absolute Gasteiger partial charge is 0.299 e. The Labute approximate surface area is 91.7 Å². The van der Waals surface area contributed by atoms with E-state index >= 15 is 0 Å². The molecule has 1 heterocycles. The van der Waals surface area contributed by atoms with Gasteiger partial charge in [0.1, 0.15) is 5.78 Å². The third kappa shape index (κ3) is 3.82. The first-order chi connectivity index (χ1) is 6.89. The van der Waals surface area contributed by atoms with Crippen molar-refractivity contribution in [1.82, 2.24) is 4.98 Å². The number of aryl methyl sites for hydroxylation is 2. The quantitative estimate of drug-likeness (QED) is 0.759. The van der Waals surface area contributed by atoms with Gasteiger partial charge in [-0.3, -0.25) is 9.78 Å². The molecule has 0 aliphatic heterocycles. The molecule has 0 aliphatic rings. The number of ketones is 1. The molecule has 0 fully saturated rings. The summed E-state index contributed by atoms with van der Waals surface area (Å²) in [7, 11) is 0. The minimum atomic E-state index is -0.224. The number of hydrogen-bond donors (Lipinski definition) is 0. The Morgan fingerprint density at radius 2 is 2.00 bits per heavy atom. The van der Waals surface area contributed by atoms with E-state index in [-0.39, 0.29) is 5.41 Å². The molecule has 0 aliphatic carbocycles. The molecule has 1 aromatic heterocycles. The van der Waals surface area contributed by atoms with Gasteiger partial charge in [-0.25, -0.2) is 0 Å². The average Bonchev–Trinajstić information content (AvgIpc) is 2.15. The van der Waals surface area contributed by atoms with Gasteiger partial charge in [-0.1, -0.05) is 26.8 Å². The average molecular weight is 205 g/mol. The number of rotatable bonds is 3. The molecular formula is C13H19NO. The molecule has 0 unspecified atom stereocenters. The number of pyridine rings is 1. The van der Waals surface area contributed by atoms with Crippen molar-refractivity contribution in [3.05, 3.63) is 29.6 Å². The van der Waals surface area contributed by atoms with Crippen LogP contribution >= 0.6 is 0 Å². The molecule has 0 bridgehead atoms. The number of aromatic nitrogens is 1. The molecule has 0 radical (unpaired) electrons. The predicted octanol–water partition coefficient (Wildman–Crippen LogP) is 2.94. The van der Waals surface area contributed by atoms with Crippen molar-refractivity contribution in [2.24, 2.45) is 5.41 Å². The van der Waals surface area contributed by atoms with Crippen LogP contribution in [0.15, 0.2) is 18.3 Å². The van der Waals surface area contributed by atoms with Crippen LogP contribution in [0.2, 0.25) is 0 Å². The molecule has 2 nitrogen and oxygen atoms in total. The summed E-state index contributed by atoms with van der Waals surface area (Å²) in [6, 6.07) is 4.02. The van der Waals surface area contributed by atoms with Crippen molar-refractivity contribution >= 4 is 5.78 Å². The monoisotopic (exact) mass is 205 g/mol. The lowest BCUT2D eigenvalue weighted by Crippen LogP contribution is -2.20. The first-order valence-corrected chi connectivity index (χ1v) is 5.34. The highest BCUT2D eigenvalue weighted by Gasteiger charge is 2.20. The molecule has 15 heavy (non-hydrogen) atoms. The zero-order chi connectivity index (χ0) is 11.5. The number of hydrogen-bond acceptors (Lipinski definition) is 2. The summed E-state index contributed by atoms with van der Waals surface area (Å²) in [5, 5.41) is 0. The maximum absolute atomic E-state index is 11.7. The maximum atomic E-state index is 11.7. The lowest BCUT2D eigenvalue weighted by Gasteiger charge is -2.16. The molecule has 0 N–H and O–H groups in total. The fourth-order valence-corrected chi connectivity index (χ4v) is 1.28. The van der Waals surface area contributed by atoms with Crippen LogP contribution in [-0.4, -0.2) is 10.8 Å². The summed E-state index contributed by atoms with van der Waals surface area (Å²) >= 11 is 0. The Morgan fingerprint density at radius 1 is 1.33 bits per heavy atom. The van der Waals surface area contributed by atoms with Crippen LogP contribution in [0.1, 0.15) is 38.4 Å². The molecule has 0 aromatic carbocycles. The Hall–Kier alpha value is -1.18. The molecule has 0 atom stereocenters. The number of carbonyl (C=O) groups is 1. The van der Waals surface area contributed by atoms with Gasteiger partial charge >= 0.3 is 0 Å². The summed E-state index contributed by atoms with van der Waals surface area (Å²) in [6.45, 7) is 7.85. The fourth-order valence-electron chi connectivity index (χ4n) is 1.28. The van der Waals surface area contributed by atoms with E-state index < -0.39 is 0 Å². The second-order valence-electron chi connectivity index (χ2n) is 4.98. The zero-order valence-corrected chi connectivity index (χ0v) is 10.0. The molecule has 0 spiro atoms. The summed E-state index contributed by atoms with van der Waals surface area (Å²) in [5.41, 5.74) is 1.93. The standard InChI is InChI=1S/C13H19NO/c1-10-5-6-11(9-14-10)7-8-12(15)13(2,3)4/h5-6,9H,7-8H2,1-4H3. The van der Waals surface area contributed by atoms with E-state index in [1.807, 2.05) is 46.0 Å². The summed E-state index contributed by atoms with van der Waals surface area (Å²) in [5.74, 6) is 0.308. The second-order valence-corrected chi connectivity index (χ2v) is 4.98. The lowest BCUT2D eigenvalue weighted by atomic mass is 9.87. The minimum Gasteiger partial charge on any atom is -0.299 e.